The first-order valence-corrected chi connectivity index (χ1v) is 15.8. The fraction of sp³-hybridized carbons (Fsp3) is 0.471. The van der Waals surface area contributed by atoms with E-state index in [2.05, 4.69) is 9.97 Å². The Balaban J connectivity index is 1.87. The van der Waals surface area contributed by atoms with Crippen molar-refractivity contribution in [1.82, 2.24) is 9.97 Å². The molecule has 2 aromatic heterocycles. The van der Waals surface area contributed by atoms with Gasteiger partial charge in [-0.15, -0.1) is 0 Å². The summed E-state index contributed by atoms with van der Waals surface area (Å²) < 4.78 is 105. The molecule has 1 aromatic carbocycles. The van der Waals surface area contributed by atoms with Crippen LogP contribution in [-0.4, -0.2) is 67.2 Å². The minimum Gasteiger partial charge on any atom is -0.490 e. The minimum absolute atomic E-state index is 0.0583. The number of hydrogen-bond acceptors (Lipinski definition) is 9. The summed E-state index contributed by atoms with van der Waals surface area (Å²) in [5, 5.41) is 9.52. The maximum atomic E-state index is 13.9. The highest BCUT2D eigenvalue weighted by Gasteiger charge is 2.42. The van der Waals surface area contributed by atoms with Crippen LogP contribution in [0.1, 0.15) is 62.0 Å². The first kappa shape index (κ1) is 39.0. The highest BCUT2D eigenvalue weighted by molar-refractivity contribution is 5.90. The number of halogens is 6. The molecule has 0 spiro atoms. The second kappa shape index (κ2) is 15.6. The first-order valence-electron chi connectivity index (χ1n) is 15.8. The van der Waals surface area contributed by atoms with Crippen molar-refractivity contribution in [3.05, 3.63) is 71.0 Å². The van der Waals surface area contributed by atoms with E-state index in [-0.39, 0.29) is 54.3 Å². The summed E-state index contributed by atoms with van der Waals surface area (Å²) in [6.45, 7) is 4.10. The Labute approximate surface area is 290 Å². The highest BCUT2D eigenvalue weighted by atomic mass is 19.4. The summed E-state index contributed by atoms with van der Waals surface area (Å²) in [4.78, 5) is 37.1. The lowest BCUT2D eigenvalue weighted by molar-refractivity contribution is -0.149. The molecular weight excluding hydrogens is 690 g/mol. The van der Waals surface area contributed by atoms with Crippen molar-refractivity contribution in [1.29, 1.82) is 0 Å². The fourth-order valence-electron chi connectivity index (χ4n) is 5.46. The predicted octanol–water partition coefficient (Wildman–Crippen LogP) is 7.53. The number of alkyl halides is 6. The Morgan fingerprint density at radius 2 is 1.65 bits per heavy atom. The Morgan fingerprint density at radius 1 is 0.980 bits per heavy atom. The number of benzene rings is 1. The van der Waals surface area contributed by atoms with Crippen LogP contribution in [0.15, 0.2) is 48.7 Å². The smallest absolute Gasteiger partial charge is 0.416 e. The molecule has 0 radical (unpaired) electrons. The number of aliphatic carboxylic acids is 1. The number of carboxylic acids is 1. The third-order valence-electron chi connectivity index (χ3n) is 8.27. The van der Waals surface area contributed by atoms with Gasteiger partial charge in [0.25, 0.3) is 0 Å². The topological polar surface area (TPSA) is 124 Å². The molecule has 1 aliphatic heterocycles. The Kier molecular flexibility index (Phi) is 11.9. The Morgan fingerprint density at radius 3 is 2.18 bits per heavy atom. The lowest BCUT2D eigenvalue weighted by Gasteiger charge is -2.43. The van der Waals surface area contributed by atoms with E-state index in [1.165, 1.54) is 62.3 Å². The molecule has 1 unspecified atom stereocenters. The number of amides is 1. The molecule has 3 heterocycles. The van der Waals surface area contributed by atoms with Gasteiger partial charge >= 0.3 is 24.4 Å². The second-order valence-electron chi connectivity index (χ2n) is 12.4. The molecule has 51 heavy (non-hydrogen) atoms. The second-order valence-corrected chi connectivity index (χ2v) is 12.4. The van der Waals surface area contributed by atoms with E-state index < -0.39 is 66.2 Å². The van der Waals surface area contributed by atoms with Gasteiger partial charge in [0.2, 0.25) is 5.88 Å². The number of rotatable bonds is 13. The summed E-state index contributed by atoms with van der Waals surface area (Å²) in [6.07, 6.45) is -9.25. The molecule has 0 aliphatic carbocycles. The number of carboxylic acid groups (broad SMARTS) is 1. The van der Waals surface area contributed by atoms with Crippen LogP contribution in [-0.2, 0) is 33.2 Å². The minimum atomic E-state index is -5.07. The van der Waals surface area contributed by atoms with E-state index in [9.17, 15) is 41.0 Å². The number of carbonyl (C=O) groups is 2. The van der Waals surface area contributed by atoms with E-state index in [0.717, 1.165) is 0 Å². The largest absolute Gasteiger partial charge is 0.490 e. The Hall–Kier alpha value is -4.80. The molecule has 17 heteroatoms. The first-order chi connectivity index (χ1) is 23.9. The number of hydrogen-bond donors (Lipinski definition) is 1. The van der Waals surface area contributed by atoms with Crippen molar-refractivity contribution in [3.8, 4) is 11.6 Å². The SMILES string of the molecule is CC[C@@H]1CC(N(Cc2cc(C(F)(F)F)cc(C(F)(F)F)c2)c2ccc(OCCOC)cn2)c2nc(OC)ccc2N1C(=O)OCC(C)(C)C(=O)O. The molecule has 11 nitrogen and oxygen atoms in total. The van der Waals surface area contributed by atoms with Gasteiger partial charge in [0, 0.05) is 25.8 Å². The summed E-state index contributed by atoms with van der Waals surface area (Å²) in [5.41, 5.74) is -4.25. The van der Waals surface area contributed by atoms with Crippen LogP contribution >= 0.6 is 0 Å². The van der Waals surface area contributed by atoms with Crippen LogP contribution in [0.2, 0.25) is 0 Å². The van der Waals surface area contributed by atoms with Crippen LogP contribution in [0.25, 0.3) is 0 Å². The third-order valence-corrected chi connectivity index (χ3v) is 8.27. The van der Waals surface area contributed by atoms with E-state index in [0.29, 0.717) is 24.3 Å². The van der Waals surface area contributed by atoms with Gasteiger partial charge in [0.1, 0.15) is 24.8 Å². The molecule has 0 saturated heterocycles. The molecule has 0 fully saturated rings. The van der Waals surface area contributed by atoms with Crippen LogP contribution in [0.3, 0.4) is 0 Å². The fourth-order valence-corrected chi connectivity index (χ4v) is 5.46. The van der Waals surface area contributed by atoms with Gasteiger partial charge in [0.15, 0.2) is 0 Å². The zero-order chi connectivity index (χ0) is 37.7. The van der Waals surface area contributed by atoms with Crippen molar-refractivity contribution in [3.63, 3.8) is 0 Å². The number of aromatic nitrogens is 2. The number of nitrogens with zero attached hydrogens (tertiary/aromatic N) is 4. The molecule has 0 saturated carbocycles. The summed E-state index contributed by atoms with van der Waals surface area (Å²) in [7, 11) is 2.84. The summed E-state index contributed by atoms with van der Waals surface area (Å²) >= 11 is 0. The Bertz CT molecular complexity index is 1650. The van der Waals surface area contributed by atoms with Gasteiger partial charge in [-0.05, 0) is 68.7 Å². The maximum Gasteiger partial charge on any atom is 0.416 e. The monoisotopic (exact) mass is 728 g/mol. The lowest BCUT2D eigenvalue weighted by Crippen LogP contribution is -2.49. The van der Waals surface area contributed by atoms with Crippen molar-refractivity contribution in [2.45, 2.75) is 64.6 Å². The van der Waals surface area contributed by atoms with E-state index >= 15 is 0 Å². The number of carbonyl (C=O) groups excluding carboxylic acids is 1. The van der Waals surface area contributed by atoms with Crippen molar-refractivity contribution >= 4 is 23.6 Å². The summed E-state index contributed by atoms with van der Waals surface area (Å²) in [5.74, 6) is -0.575. The van der Waals surface area contributed by atoms with Crippen LogP contribution in [0.4, 0.5) is 42.6 Å². The van der Waals surface area contributed by atoms with Gasteiger partial charge < -0.3 is 29.0 Å². The standard InChI is InChI=1S/C34H38F6N4O7/c1-6-23-16-26(29-25(8-10-28(42-29)49-5)44(23)31(47)51-19-32(2,3)30(45)46)43(27-9-7-24(17-41-27)50-12-11-48-4)18-20-13-21(33(35,36)37)15-22(14-20)34(38,39)40/h7-10,13-15,17,23,26H,6,11-12,16,18-19H2,1-5H3,(H,45,46)/t23-,26?/m1/s1. The van der Waals surface area contributed by atoms with Gasteiger partial charge in [-0.1, -0.05) is 6.92 Å². The normalized spacial score (nSPS) is 16.3. The van der Waals surface area contributed by atoms with E-state index in [4.69, 9.17) is 18.9 Å². The summed E-state index contributed by atoms with van der Waals surface area (Å²) in [6, 6.07) is 5.92. The van der Waals surface area contributed by atoms with E-state index in [1.807, 2.05) is 0 Å². The molecule has 2 atom stereocenters. The van der Waals surface area contributed by atoms with Crippen molar-refractivity contribution in [2.24, 2.45) is 5.41 Å². The number of methoxy groups -OCH3 is 2. The molecule has 3 aromatic rings. The molecule has 278 valence electrons. The van der Waals surface area contributed by atoms with Gasteiger partial charge in [0.05, 0.1) is 53.9 Å². The van der Waals surface area contributed by atoms with Crippen LogP contribution in [0.5, 0.6) is 11.6 Å². The quantitative estimate of drug-likeness (QED) is 0.140. The zero-order valence-electron chi connectivity index (χ0n) is 28.5. The van der Waals surface area contributed by atoms with Crippen LogP contribution < -0.4 is 19.3 Å². The molecular formula is C34H38F6N4O7. The molecule has 0 bridgehead atoms. The van der Waals surface area contributed by atoms with Crippen molar-refractivity contribution in [2.75, 3.05) is 43.8 Å². The third kappa shape index (κ3) is 9.31. The molecule has 1 amide bonds. The van der Waals surface area contributed by atoms with E-state index in [1.54, 1.807) is 13.0 Å². The maximum absolute atomic E-state index is 13.9. The number of pyridine rings is 2. The number of anilines is 2. The zero-order valence-corrected chi connectivity index (χ0v) is 28.5. The average molecular weight is 729 g/mol. The van der Waals surface area contributed by atoms with Crippen molar-refractivity contribution < 1.29 is 60.0 Å². The van der Waals surface area contributed by atoms with Crippen LogP contribution in [0, 0.1) is 5.41 Å². The average Bonchev–Trinajstić information content (AvgIpc) is 3.08. The molecule has 4 rings (SSSR count). The van der Waals surface area contributed by atoms with Gasteiger partial charge in [-0.3, -0.25) is 9.69 Å². The molecule has 1 N–H and O–H groups in total. The number of fused-ring (bicyclic) bond motifs is 1. The van der Waals surface area contributed by atoms with Gasteiger partial charge in [-0.2, -0.15) is 26.3 Å². The van der Waals surface area contributed by atoms with Gasteiger partial charge in [-0.25, -0.2) is 14.8 Å². The number of ether oxygens (including phenoxy) is 4. The predicted molar refractivity (Wildman–Crippen MR) is 172 cm³/mol. The lowest BCUT2D eigenvalue weighted by atomic mass is 9.91. The molecule has 1 aliphatic rings. The highest BCUT2D eigenvalue weighted by Crippen LogP contribution is 2.44.